The largest absolute Gasteiger partial charge is 0.276 e. The number of pyridine rings is 1. The van der Waals surface area contributed by atoms with Crippen LogP contribution in [0.3, 0.4) is 0 Å². The number of hydrogen-bond acceptors (Lipinski definition) is 5. The van der Waals surface area contributed by atoms with Gasteiger partial charge >= 0.3 is 0 Å². The van der Waals surface area contributed by atoms with E-state index < -0.39 is 10.0 Å². The van der Waals surface area contributed by atoms with E-state index in [1.165, 1.54) is 0 Å². The van der Waals surface area contributed by atoms with E-state index in [0.717, 1.165) is 16.9 Å². The minimum atomic E-state index is -3.77. The summed E-state index contributed by atoms with van der Waals surface area (Å²) in [6, 6.07) is 1.60. The number of thiazole rings is 1. The Morgan fingerprint density at radius 3 is 2.58 bits per heavy atom. The Bertz CT molecular complexity index is 728. The fraction of sp³-hybridized carbons (Fsp3) is 0.200. The molecule has 2 rings (SSSR count). The molecule has 0 radical (unpaired) electrons. The minimum Gasteiger partial charge on any atom is -0.276 e. The SMILES string of the molecule is Cc1cnc(Cl)c(NS(=O)(=O)c2sc(Cl)nc2C)c1. The summed E-state index contributed by atoms with van der Waals surface area (Å²) in [7, 11) is -3.77. The van der Waals surface area contributed by atoms with Gasteiger partial charge in [0.1, 0.15) is 0 Å². The van der Waals surface area contributed by atoms with Crippen LogP contribution >= 0.6 is 34.5 Å². The number of halogens is 2. The predicted octanol–water partition coefficient (Wildman–Crippen LogP) is 3.26. The lowest BCUT2D eigenvalue weighted by Crippen LogP contribution is -2.13. The molecule has 0 spiro atoms. The van der Waals surface area contributed by atoms with Gasteiger partial charge in [-0.15, -0.1) is 0 Å². The van der Waals surface area contributed by atoms with Crippen LogP contribution in [0.5, 0.6) is 0 Å². The van der Waals surface area contributed by atoms with Crippen LogP contribution in [0.1, 0.15) is 11.3 Å². The Morgan fingerprint density at radius 1 is 1.32 bits per heavy atom. The van der Waals surface area contributed by atoms with Crippen molar-refractivity contribution in [3.63, 3.8) is 0 Å². The van der Waals surface area contributed by atoms with Gasteiger partial charge in [0.2, 0.25) is 0 Å². The van der Waals surface area contributed by atoms with Gasteiger partial charge in [0.15, 0.2) is 13.8 Å². The minimum absolute atomic E-state index is 0.0649. The van der Waals surface area contributed by atoms with E-state index in [1.807, 2.05) is 0 Å². The third-order valence-electron chi connectivity index (χ3n) is 2.19. The molecule has 2 aromatic rings. The van der Waals surface area contributed by atoms with E-state index in [9.17, 15) is 8.42 Å². The van der Waals surface area contributed by atoms with Crippen molar-refractivity contribution in [2.24, 2.45) is 0 Å². The smallest absolute Gasteiger partial charge is 0.273 e. The van der Waals surface area contributed by atoms with E-state index in [0.29, 0.717) is 5.69 Å². The van der Waals surface area contributed by atoms with Gasteiger partial charge in [-0.25, -0.2) is 18.4 Å². The molecule has 0 aliphatic heterocycles. The molecule has 2 aromatic heterocycles. The molecule has 0 aliphatic rings. The molecular weight excluding hydrogens is 329 g/mol. The third kappa shape index (κ3) is 3.17. The number of rotatable bonds is 3. The van der Waals surface area contributed by atoms with Crippen molar-refractivity contribution in [1.29, 1.82) is 0 Å². The molecule has 0 fully saturated rings. The lowest BCUT2D eigenvalue weighted by Gasteiger charge is -2.08. The molecular formula is C10H9Cl2N3O2S2. The average Bonchev–Trinajstić information content (AvgIpc) is 2.63. The zero-order chi connectivity index (χ0) is 14.2. The fourth-order valence-corrected chi connectivity index (χ4v) is 4.42. The summed E-state index contributed by atoms with van der Waals surface area (Å²) >= 11 is 12.5. The summed E-state index contributed by atoms with van der Waals surface area (Å²) < 4.78 is 27.1. The van der Waals surface area contributed by atoms with Crippen molar-refractivity contribution in [2.45, 2.75) is 18.1 Å². The quantitative estimate of drug-likeness (QED) is 0.872. The summed E-state index contributed by atoms with van der Waals surface area (Å²) in [6.07, 6.45) is 1.55. The van der Waals surface area contributed by atoms with Gasteiger partial charge in [0, 0.05) is 6.20 Å². The molecule has 0 unspecified atom stereocenters. The summed E-state index contributed by atoms with van der Waals surface area (Å²) in [5.41, 5.74) is 1.37. The van der Waals surface area contributed by atoms with Gasteiger partial charge in [-0.2, -0.15) is 0 Å². The van der Waals surface area contributed by atoms with Crippen LogP contribution in [0.2, 0.25) is 9.62 Å². The van der Waals surface area contributed by atoms with E-state index in [2.05, 4.69) is 14.7 Å². The maximum absolute atomic E-state index is 12.2. The molecule has 2 heterocycles. The molecule has 0 bridgehead atoms. The van der Waals surface area contributed by atoms with Crippen molar-refractivity contribution in [3.05, 3.63) is 33.1 Å². The maximum Gasteiger partial charge on any atom is 0.273 e. The van der Waals surface area contributed by atoms with Crippen molar-refractivity contribution in [3.8, 4) is 0 Å². The highest BCUT2D eigenvalue weighted by Crippen LogP contribution is 2.30. The summed E-state index contributed by atoms with van der Waals surface area (Å²) in [4.78, 5) is 7.76. The van der Waals surface area contributed by atoms with Crippen LogP contribution < -0.4 is 4.72 Å². The highest BCUT2D eigenvalue weighted by atomic mass is 35.5. The Balaban J connectivity index is 2.42. The fourth-order valence-electron chi connectivity index (χ4n) is 1.42. The molecule has 1 N–H and O–H groups in total. The van der Waals surface area contributed by atoms with E-state index in [-0.39, 0.29) is 19.5 Å². The van der Waals surface area contributed by atoms with Crippen LogP contribution in [-0.2, 0) is 10.0 Å². The van der Waals surface area contributed by atoms with Crippen molar-refractivity contribution in [2.75, 3.05) is 4.72 Å². The number of aromatic nitrogens is 2. The average molecular weight is 338 g/mol. The van der Waals surface area contributed by atoms with Crippen LogP contribution in [0.15, 0.2) is 16.5 Å². The van der Waals surface area contributed by atoms with Crippen LogP contribution in [0.25, 0.3) is 0 Å². The second-order valence-electron chi connectivity index (χ2n) is 3.80. The number of aryl methyl sites for hydroxylation is 2. The van der Waals surface area contributed by atoms with Gasteiger partial charge in [0.25, 0.3) is 10.0 Å². The van der Waals surface area contributed by atoms with Crippen LogP contribution in [0.4, 0.5) is 5.69 Å². The zero-order valence-corrected chi connectivity index (χ0v) is 13.1. The standard InChI is InChI=1S/C10H9Cl2N3O2S2/c1-5-3-7(8(11)13-4-5)15-19(16,17)9-6(2)14-10(12)18-9/h3-4,15H,1-2H3. The van der Waals surface area contributed by atoms with Gasteiger partial charge in [-0.05, 0) is 25.5 Å². The molecule has 19 heavy (non-hydrogen) atoms. The molecule has 0 aromatic carbocycles. The summed E-state index contributed by atoms with van der Waals surface area (Å²) in [5, 5.41) is 0.0856. The first kappa shape index (κ1) is 14.5. The maximum atomic E-state index is 12.2. The van der Waals surface area contributed by atoms with Gasteiger partial charge in [-0.3, -0.25) is 4.72 Å². The number of anilines is 1. The number of nitrogens with zero attached hydrogens (tertiary/aromatic N) is 2. The topological polar surface area (TPSA) is 72.0 Å². The second-order valence-corrected chi connectivity index (χ2v) is 7.61. The van der Waals surface area contributed by atoms with E-state index in [1.54, 1.807) is 26.1 Å². The van der Waals surface area contributed by atoms with E-state index >= 15 is 0 Å². The number of nitrogens with one attached hydrogen (secondary N) is 1. The Morgan fingerprint density at radius 2 is 2.00 bits per heavy atom. The Hall–Kier alpha value is -0.890. The highest BCUT2D eigenvalue weighted by Gasteiger charge is 2.22. The number of hydrogen-bond donors (Lipinski definition) is 1. The molecule has 0 amide bonds. The predicted molar refractivity (Wildman–Crippen MR) is 76.7 cm³/mol. The normalized spacial score (nSPS) is 11.6. The zero-order valence-electron chi connectivity index (χ0n) is 9.94. The lowest BCUT2D eigenvalue weighted by atomic mass is 10.3. The Labute approximate surface area is 124 Å². The molecule has 0 saturated heterocycles. The first-order valence-electron chi connectivity index (χ1n) is 5.07. The molecule has 0 aliphatic carbocycles. The molecule has 5 nitrogen and oxygen atoms in total. The Kier molecular flexibility index (Phi) is 4.00. The summed E-state index contributed by atoms with van der Waals surface area (Å²) in [6.45, 7) is 3.36. The summed E-state index contributed by atoms with van der Waals surface area (Å²) in [5.74, 6) is 0. The van der Waals surface area contributed by atoms with Gasteiger partial charge in [0.05, 0.1) is 11.4 Å². The van der Waals surface area contributed by atoms with Crippen molar-refractivity contribution >= 4 is 50.2 Å². The molecule has 0 saturated carbocycles. The molecule has 102 valence electrons. The second kappa shape index (κ2) is 5.24. The number of sulfonamides is 1. The molecule has 9 heteroatoms. The van der Waals surface area contributed by atoms with Crippen molar-refractivity contribution in [1.82, 2.24) is 9.97 Å². The lowest BCUT2D eigenvalue weighted by molar-refractivity contribution is 0.602. The monoisotopic (exact) mass is 337 g/mol. The van der Waals surface area contributed by atoms with Crippen LogP contribution in [-0.4, -0.2) is 18.4 Å². The highest BCUT2D eigenvalue weighted by molar-refractivity contribution is 7.94. The van der Waals surface area contributed by atoms with E-state index in [4.69, 9.17) is 23.2 Å². The molecule has 0 atom stereocenters. The first-order chi connectivity index (χ1) is 8.79. The van der Waals surface area contributed by atoms with Gasteiger partial charge in [-0.1, -0.05) is 34.5 Å². The third-order valence-corrected chi connectivity index (χ3v) is 5.73. The first-order valence-corrected chi connectivity index (χ1v) is 8.13. The van der Waals surface area contributed by atoms with Crippen molar-refractivity contribution < 1.29 is 8.42 Å². The van der Waals surface area contributed by atoms with Gasteiger partial charge < -0.3 is 0 Å². The van der Waals surface area contributed by atoms with Crippen LogP contribution in [0, 0.1) is 13.8 Å².